The van der Waals surface area contributed by atoms with Crippen LogP contribution in [0.4, 0.5) is 5.82 Å². The Labute approximate surface area is 124 Å². The lowest BCUT2D eigenvalue weighted by Gasteiger charge is -2.17. The zero-order valence-electron chi connectivity index (χ0n) is 11.9. The number of anilines is 1. The summed E-state index contributed by atoms with van der Waals surface area (Å²) in [4.78, 5) is 9.05. The average Bonchev–Trinajstić information content (AvgIpc) is 2.49. The van der Waals surface area contributed by atoms with E-state index in [2.05, 4.69) is 34.2 Å². The van der Waals surface area contributed by atoms with Crippen LogP contribution in [0.5, 0.6) is 0 Å². The maximum Gasteiger partial charge on any atom is 0.142 e. The van der Waals surface area contributed by atoms with Crippen LogP contribution >= 0.6 is 0 Å². The van der Waals surface area contributed by atoms with Crippen molar-refractivity contribution < 1.29 is 0 Å². The van der Waals surface area contributed by atoms with Crippen LogP contribution in [0.25, 0.3) is 0 Å². The molecule has 0 aliphatic heterocycles. The molecule has 0 unspecified atom stereocenters. The number of benzene rings is 2. The van der Waals surface area contributed by atoms with E-state index in [1.54, 1.807) is 6.07 Å². The van der Waals surface area contributed by atoms with Crippen molar-refractivity contribution in [3.63, 3.8) is 0 Å². The van der Waals surface area contributed by atoms with Gasteiger partial charge in [0, 0.05) is 11.8 Å². The van der Waals surface area contributed by atoms with E-state index in [4.69, 9.17) is 5.73 Å². The van der Waals surface area contributed by atoms with Gasteiger partial charge in [-0.25, -0.2) is 9.97 Å². The van der Waals surface area contributed by atoms with Gasteiger partial charge in [0.15, 0.2) is 0 Å². The van der Waals surface area contributed by atoms with Gasteiger partial charge in [-0.15, -0.1) is 0 Å². The fourth-order valence-corrected chi connectivity index (χ4v) is 2.53. The highest BCUT2D eigenvalue weighted by molar-refractivity contribution is 5.40. The average molecular weight is 275 g/mol. The van der Waals surface area contributed by atoms with Crippen LogP contribution in [0.1, 0.15) is 28.6 Å². The third-order valence-electron chi connectivity index (χ3n) is 3.42. The van der Waals surface area contributed by atoms with Crippen molar-refractivity contribution in [2.45, 2.75) is 12.8 Å². The minimum Gasteiger partial charge on any atom is -0.384 e. The minimum absolute atomic E-state index is 0.00500. The summed E-state index contributed by atoms with van der Waals surface area (Å²) in [5, 5.41) is 0. The molecular formula is C18H17N3. The Morgan fingerprint density at radius 2 is 1.33 bits per heavy atom. The van der Waals surface area contributed by atoms with E-state index in [9.17, 15) is 0 Å². The summed E-state index contributed by atoms with van der Waals surface area (Å²) in [6.07, 6.45) is 0. The Bertz CT molecular complexity index is 664. The molecule has 0 aliphatic carbocycles. The summed E-state index contributed by atoms with van der Waals surface area (Å²) in [7, 11) is 0. The number of hydrogen-bond acceptors (Lipinski definition) is 3. The number of aryl methyl sites for hydroxylation is 1. The van der Waals surface area contributed by atoms with Crippen molar-refractivity contribution in [3.05, 3.63) is 89.4 Å². The van der Waals surface area contributed by atoms with Gasteiger partial charge in [-0.05, 0) is 18.1 Å². The smallest absolute Gasteiger partial charge is 0.142 e. The summed E-state index contributed by atoms with van der Waals surface area (Å²) in [5.74, 6) is 1.24. The van der Waals surface area contributed by atoms with Gasteiger partial charge in [-0.1, -0.05) is 60.7 Å². The predicted octanol–water partition coefficient (Wildman–Crippen LogP) is 3.55. The van der Waals surface area contributed by atoms with Gasteiger partial charge < -0.3 is 5.73 Å². The number of nitrogen functional groups attached to an aromatic ring is 1. The first-order valence-electron chi connectivity index (χ1n) is 6.95. The molecule has 2 aromatic carbocycles. The van der Waals surface area contributed by atoms with Gasteiger partial charge in [0.1, 0.15) is 11.6 Å². The SMILES string of the molecule is Cc1cc(N)nc(C(c2ccccc2)c2ccccc2)n1. The van der Waals surface area contributed by atoms with E-state index in [1.165, 1.54) is 0 Å². The Hall–Kier alpha value is -2.68. The molecule has 0 bridgehead atoms. The van der Waals surface area contributed by atoms with E-state index in [0.29, 0.717) is 5.82 Å². The van der Waals surface area contributed by atoms with Crippen LogP contribution in [-0.2, 0) is 0 Å². The topological polar surface area (TPSA) is 51.8 Å². The molecule has 0 saturated carbocycles. The molecule has 2 N–H and O–H groups in total. The summed E-state index contributed by atoms with van der Waals surface area (Å²) < 4.78 is 0. The molecule has 21 heavy (non-hydrogen) atoms. The zero-order valence-corrected chi connectivity index (χ0v) is 11.9. The van der Waals surface area contributed by atoms with E-state index >= 15 is 0 Å². The Balaban J connectivity index is 2.17. The number of rotatable bonds is 3. The van der Waals surface area contributed by atoms with Gasteiger partial charge in [-0.2, -0.15) is 0 Å². The summed E-state index contributed by atoms with van der Waals surface area (Å²) >= 11 is 0. The van der Waals surface area contributed by atoms with Gasteiger partial charge in [0.05, 0.1) is 5.92 Å². The molecule has 1 aromatic heterocycles. The molecule has 0 atom stereocenters. The summed E-state index contributed by atoms with van der Waals surface area (Å²) in [5.41, 5.74) is 9.11. The quantitative estimate of drug-likeness (QED) is 0.795. The molecular weight excluding hydrogens is 258 g/mol. The van der Waals surface area contributed by atoms with Crippen LogP contribution < -0.4 is 5.73 Å². The Morgan fingerprint density at radius 1 is 0.810 bits per heavy atom. The highest BCUT2D eigenvalue weighted by atomic mass is 14.9. The second-order valence-corrected chi connectivity index (χ2v) is 5.05. The second kappa shape index (κ2) is 5.75. The monoisotopic (exact) mass is 275 g/mol. The largest absolute Gasteiger partial charge is 0.384 e. The molecule has 3 rings (SSSR count). The number of nitrogens with two attached hydrogens (primary N) is 1. The first kappa shape index (κ1) is 13.3. The molecule has 1 heterocycles. The van der Waals surface area contributed by atoms with Crippen LogP contribution in [0.2, 0.25) is 0 Å². The lowest BCUT2D eigenvalue weighted by Crippen LogP contribution is -2.10. The molecule has 0 spiro atoms. The van der Waals surface area contributed by atoms with Gasteiger partial charge in [0.25, 0.3) is 0 Å². The van der Waals surface area contributed by atoms with Crippen molar-refractivity contribution in [1.82, 2.24) is 9.97 Å². The standard InChI is InChI=1S/C18H17N3/c1-13-12-16(19)21-18(20-13)17(14-8-4-2-5-9-14)15-10-6-3-7-11-15/h2-12,17H,1H3,(H2,19,20,21). The zero-order chi connectivity index (χ0) is 14.7. The van der Waals surface area contributed by atoms with Crippen LogP contribution in [0.15, 0.2) is 66.7 Å². The first-order valence-corrected chi connectivity index (χ1v) is 6.95. The van der Waals surface area contributed by atoms with E-state index < -0.39 is 0 Å². The highest BCUT2D eigenvalue weighted by Crippen LogP contribution is 2.29. The summed E-state index contributed by atoms with van der Waals surface area (Å²) in [6, 6.07) is 22.3. The van der Waals surface area contributed by atoms with E-state index in [-0.39, 0.29) is 5.92 Å². The molecule has 0 radical (unpaired) electrons. The molecule has 0 fully saturated rings. The van der Waals surface area contributed by atoms with E-state index in [0.717, 1.165) is 22.6 Å². The lowest BCUT2D eigenvalue weighted by molar-refractivity contribution is 0.846. The minimum atomic E-state index is -0.00500. The molecule has 0 aliphatic rings. The fourth-order valence-electron chi connectivity index (χ4n) is 2.53. The maximum absolute atomic E-state index is 5.90. The van der Waals surface area contributed by atoms with Crippen molar-refractivity contribution in [1.29, 1.82) is 0 Å². The van der Waals surface area contributed by atoms with Crippen molar-refractivity contribution in [3.8, 4) is 0 Å². The normalized spacial score (nSPS) is 10.8. The van der Waals surface area contributed by atoms with Gasteiger partial charge in [-0.3, -0.25) is 0 Å². The third kappa shape index (κ3) is 2.92. The third-order valence-corrected chi connectivity index (χ3v) is 3.42. The molecule has 104 valence electrons. The van der Waals surface area contributed by atoms with Gasteiger partial charge in [0.2, 0.25) is 0 Å². The van der Waals surface area contributed by atoms with Crippen molar-refractivity contribution >= 4 is 5.82 Å². The van der Waals surface area contributed by atoms with Gasteiger partial charge >= 0.3 is 0 Å². The fraction of sp³-hybridized carbons (Fsp3) is 0.111. The van der Waals surface area contributed by atoms with Crippen molar-refractivity contribution in [2.75, 3.05) is 5.73 Å². The summed E-state index contributed by atoms with van der Waals surface area (Å²) in [6.45, 7) is 1.94. The van der Waals surface area contributed by atoms with Crippen molar-refractivity contribution in [2.24, 2.45) is 0 Å². The number of aromatic nitrogens is 2. The highest BCUT2D eigenvalue weighted by Gasteiger charge is 2.19. The predicted molar refractivity (Wildman–Crippen MR) is 85.0 cm³/mol. The maximum atomic E-state index is 5.90. The lowest BCUT2D eigenvalue weighted by atomic mass is 9.90. The Morgan fingerprint density at radius 3 is 1.81 bits per heavy atom. The molecule has 3 nitrogen and oxygen atoms in total. The number of nitrogens with zero attached hydrogens (tertiary/aromatic N) is 2. The second-order valence-electron chi connectivity index (χ2n) is 5.05. The van der Waals surface area contributed by atoms with Crippen LogP contribution in [0.3, 0.4) is 0 Å². The molecule has 3 aromatic rings. The first-order chi connectivity index (χ1) is 10.2. The van der Waals surface area contributed by atoms with Crippen LogP contribution in [0, 0.1) is 6.92 Å². The van der Waals surface area contributed by atoms with Crippen LogP contribution in [-0.4, -0.2) is 9.97 Å². The molecule has 3 heteroatoms. The molecule has 0 amide bonds. The molecule has 0 saturated heterocycles. The van der Waals surface area contributed by atoms with E-state index in [1.807, 2.05) is 43.3 Å². The number of hydrogen-bond donors (Lipinski definition) is 1. The Kier molecular flexibility index (Phi) is 3.65.